The number of aliphatic hydroxyl groups is 1. The van der Waals surface area contributed by atoms with Gasteiger partial charge in [-0.15, -0.1) is 0 Å². The summed E-state index contributed by atoms with van der Waals surface area (Å²) in [6, 6.07) is 5.78. The van der Waals surface area contributed by atoms with Gasteiger partial charge in [0.15, 0.2) is 0 Å². The summed E-state index contributed by atoms with van der Waals surface area (Å²) < 4.78 is 5.58. The fourth-order valence-corrected chi connectivity index (χ4v) is 3.34. The molecule has 4 heteroatoms. The summed E-state index contributed by atoms with van der Waals surface area (Å²) in [7, 11) is 1.72. The summed E-state index contributed by atoms with van der Waals surface area (Å²) in [6.07, 6.45) is 5.07. The molecular formula is C17H23NO3. The first-order chi connectivity index (χ1) is 10.1. The Labute approximate surface area is 125 Å². The van der Waals surface area contributed by atoms with Gasteiger partial charge >= 0.3 is 0 Å². The zero-order chi connectivity index (χ0) is 14.9. The Balaban J connectivity index is 1.81. The third kappa shape index (κ3) is 2.83. The number of methoxy groups -OCH3 is 1. The van der Waals surface area contributed by atoms with E-state index in [-0.39, 0.29) is 11.5 Å². The van der Waals surface area contributed by atoms with Crippen LogP contribution in [0.4, 0.5) is 0 Å². The van der Waals surface area contributed by atoms with Crippen LogP contribution in [0.5, 0.6) is 0 Å². The van der Waals surface area contributed by atoms with Crippen LogP contribution in [-0.4, -0.2) is 30.3 Å². The van der Waals surface area contributed by atoms with Gasteiger partial charge in [-0.2, -0.15) is 0 Å². The number of aliphatic hydroxyl groups excluding tert-OH is 1. The van der Waals surface area contributed by atoms with E-state index in [0.29, 0.717) is 12.0 Å². The molecule has 1 aromatic carbocycles. The number of benzene rings is 1. The van der Waals surface area contributed by atoms with E-state index in [1.54, 1.807) is 7.11 Å². The van der Waals surface area contributed by atoms with E-state index in [2.05, 4.69) is 5.32 Å². The summed E-state index contributed by atoms with van der Waals surface area (Å²) in [5.74, 6) is -0.0263. The fraction of sp³-hybridized carbons (Fsp3) is 0.588. The van der Waals surface area contributed by atoms with Crippen LogP contribution in [0.1, 0.15) is 59.7 Å². The molecule has 0 spiro atoms. The summed E-state index contributed by atoms with van der Waals surface area (Å²) in [5.41, 5.74) is 2.43. The molecule has 1 unspecified atom stereocenters. The van der Waals surface area contributed by atoms with Crippen LogP contribution in [0.25, 0.3) is 0 Å². The number of fused-ring (bicyclic) bond motifs is 1. The van der Waals surface area contributed by atoms with Crippen LogP contribution in [0.15, 0.2) is 18.2 Å². The quantitative estimate of drug-likeness (QED) is 0.894. The monoisotopic (exact) mass is 289 g/mol. The van der Waals surface area contributed by atoms with E-state index in [9.17, 15) is 9.90 Å². The van der Waals surface area contributed by atoms with Crippen molar-refractivity contribution in [3.05, 3.63) is 34.9 Å². The van der Waals surface area contributed by atoms with Crippen molar-refractivity contribution in [2.45, 2.75) is 50.2 Å². The van der Waals surface area contributed by atoms with Crippen LogP contribution < -0.4 is 5.32 Å². The number of hydrogen-bond donors (Lipinski definition) is 2. The van der Waals surface area contributed by atoms with Gasteiger partial charge in [0.05, 0.1) is 11.7 Å². The lowest BCUT2D eigenvalue weighted by atomic mass is 9.75. The second-order valence-corrected chi connectivity index (χ2v) is 6.24. The second-order valence-electron chi connectivity index (χ2n) is 6.24. The number of ether oxygens (including phenoxy) is 1. The smallest absolute Gasteiger partial charge is 0.251 e. The molecule has 2 N–H and O–H groups in total. The van der Waals surface area contributed by atoms with Gasteiger partial charge in [0.2, 0.25) is 0 Å². The third-order valence-corrected chi connectivity index (χ3v) is 4.93. The molecule has 4 nitrogen and oxygen atoms in total. The summed E-state index contributed by atoms with van der Waals surface area (Å²) in [6.45, 7) is 0.720. The molecule has 0 aromatic heterocycles. The molecule has 1 fully saturated rings. The SMILES string of the molecule is COC1(CC(O)c2ccc3c(c2)C(=O)NCCC3)CCC1. The van der Waals surface area contributed by atoms with Crippen molar-refractivity contribution in [2.75, 3.05) is 13.7 Å². The van der Waals surface area contributed by atoms with Crippen LogP contribution in [0, 0.1) is 0 Å². The molecule has 114 valence electrons. The first-order valence-electron chi connectivity index (χ1n) is 7.78. The lowest BCUT2D eigenvalue weighted by molar-refractivity contribution is -0.0999. The van der Waals surface area contributed by atoms with Crippen molar-refractivity contribution < 1.29 is 14.6 Å². The van der Waals surface area contributed by atoms with Crippen LogP contribution in [0.3, 0.4) is 0 Å². The summed E-state index contributed by atoms with van der Waals surface area (Å²) in [4.78, 5) is 12.1. The predicted octanol–water partition coefficient (Wildman–Crippen LogP) is 2.36. The Morgan fingerprint density at radius 3 is 2.86 bits per heavy atom. The number of hydrogen-bond acceptors (Lipinski definition) is 3. The second kappa shape index (κ2) is 5.78. The fourth-order valence-electron chi connectivity index (χ4n) is 3.34. The van der Waals surface area contributed by atoms with E-state index in [1.165, 1.54) is 0 Å². The zero-order valence-electron chi connectivity index (χ0n) is 12.5. The van der Waals surface area contributed by atoms with Crippen LogP contribution in [-0.2, 0) is 11.2 Å². The van der Waals surface area contributed by atoms with Gasteiger partial charge in [-0.25, -0.2) is 0 Å². The van der Waals surface area contributed by atoms with Gasteiger partial charge in [0, 0.05) is 25.6 Å². The Hall–Kier alpha value is -1.39. The first kappa shape index (κ1) is 14.5. The van der Waals surface area contributed by atoms with E-state index < -0.39 is 6.10 Å². The number of carbonyl (C=O) groups is 1. The molecule has 1 atom stereocenters. The van der Waals surface area contributed by atoms with Gasteiger partial charge in [0.25, 0.3) is 5.91 Å². The van der Waals surface area contributed by atoms with Crippen molar-refractivity contribution in [1.82, 2.24) is 5.32 Å². The van der Waals surface area contributed by atoms with Gasteiger partial charge < -0.3 is 15.2 Å². The molecule has 0 radical (unpaired) electrons. The largest absolute Gasteiger partial charge is 0.388 e. The standard InChI is InChI=1S/C17H23NO3/c1-21-17(7-3-8-17)11-15(19)13-6-5-12-4-2-9-18-16(20)14(12)10-13/h5-6,10,15,19H,2-4,7-9,11H2,1H3,(H,18,20). The highest BCUT2D eigenvalue weighted by molar-refractivity contribution is 5.96. The predicted molar refractivity (Wildman–Crippen MR) is 80.3 cm³/mol. The van der Waals surface area contributed by atoms with Crippen molar-refractivity contribution in [1.29, 1.82) is 0 Å². The number of aryl methyl sites for hydroxylation is 1. The van der Waals surface area contributed by atoms with E-state index in [1.807, 2.05) is 18.2 Å². The highest BCUT2D eigenvalue weighted by atomic mass is 16.5. The number of rotatable bonds is 4. The molecule has 0 saturated heterocycles. The van der Waals surface area contributed by atoms with E-state index in [4.69, 9.17) is 4.74 Å². The minimum absolute atomic E-state index is 0.0263. The highest BCUT2D eigenvalue weighted by Gasteiger charge is 2.39. The van der Waals surface area contributed by atoms with Crippen molar-refractivity contribution in [2.24, 2.45) is 0 Å². The Morgan fingerprint density at radius 2 is 2.19 bits per heavy atom. The minimum Gasteiger partial charge on any atom is -0.388 e. The van der Waals surface area contributed by atoms with Gasteiger partial charge in [-0.3, -0.25) is 4.79 Å². The first-order valence-corrected chi connectivity index (χ1v) is 7.78. The average Bonchev–Trinajstić information content (AvgIpc) is 2.64. The zero-order valence-corrected chi connectivity index (χ0v) is 12.5. The summed E-state index contributed by atoms with van der Waals surface area (Å²) >= 11 is 0. The molecular weight excluding hydrogens is 266 g/mol. The molecule has 0 bridgehead atoms. The highest BCUT2D eigenvalue weighted by Crippen LogP contribution is 2.42. The maximum Gasteiger partial charge on any atom is 0.251 e. The van der Waals surface area contributed by atoms with Gasteiger partial charge in [-0.1, -0.05) is 12.1 Å². The number of amides is 1. The van der Waals surface area contributed by atoms with Gasteiger partial charge in [-0.05, 0) is 49.3 Å². The topological polar surface area (TPSA) is 58.6 Å². The molecule has 1 aliphatic heterocycles. The van der Waals surface area contributed by atoms with Crippen molar-refractivity contribution in [3.63, 3.8) is 0 Å². The Morgan fingerprint density at radius 1 is 1.38 bits per heavy atom. The molecule has 3 rings (SSSR count). The molecule has 1 amide bonds. The normalized spacial score (nSPS) is 21.7. The van der Waals surface area contributed by atoms with Crippen molar-refractivity contribution >= 4 is 5.91 Å². The molecule has 1 aliphatic carbocycles. The van der Waals surface area contributed by atoms with E-state index >= 15 is 0 Å². The van der Waals surface area contributed by atoms with Crippen molar-refractivity contribution in [3.8, 4) is 0 Å². The van der Waals surface area contributed by atoms with Crippen LogP contribution >= 0.6 is 0 Å². The summed E-state index contributed by atoms with van der Waals surface area (Å²) in [5, 5.41) is 13.4. The molecule has 1 saturated carbocycles. The lowest BCUT2D eigenvalue weighted by Crippen LogP contribution is -2.40. The lowest BCUT2D eigenvalue weighted by Gasteiger charge is -2.42. The minimum atomic E-state index is -0.577. The molecule has 21 heavy (non-hydrogen) atoms. The molecule has 2 aliphatic rings. The number of nitrogens with one attached hydrogen (secondary N) is 1. The number of carbonyl (C=O) groups excluding carboxylic acids is 1. The van der Waals surface area contributed by atoms with E-state index in [0.717, 1.165) is 49.8 Å². The Bertz CT molecular complexity index is 531. The Kier molecular flexibility index (Phi) is 4.00. The average molecular weight is 289 g/mol. The third-order valence-electron chi connectivity index (χ3n) is 4.93. The maximum absolute atomic E-state index is 12.1. The van der Waals surface area contributed by atoms with Gasteiger partial charge in [0.1, 0.15) is 0 Å². The maximum atomic E-state index is 12.1. The van der Waals surface area contributed by atoms with Crippen LogP contribution in [0.2, 0.25) is 0 Å². The molecule has 1 aromatic rings. The molecule has 1 heterocycles.